The zero-order valence-electron chi connectivity index (χ0n) is 19.2. The third kappa shape index (κ3) is 7.77. The van der Waals surface area contributed by atoms with Crippen molar-refractivity contribution in [2.75, 3.05) is 5.32 Å². The van der Waals surface area contributed by atoms with Crippen LogP contribution >= 0.6 is 0 Å². The second-order valence-electron chi connectivity index (χ2n) is 8.19. The lowest BCUT2D eigenvalue weighted by Crippen LogP contribution is -2.05. The van der Waals surface area contributed by atoms with E-state index in [-0.39, 0.29) is 5.91 Å². The molecule has 0 fully saturated rings. The summed E-state index contributed by atoms with van der Waals surface area (Å²) in [5.74, 6) is -0.0695. The van der Waals surface area contributed by atoms with Crippen LogP contribution in [-0.4, -0.2) is 5.91 Å². The van der Waals surface area contributed by atoms with E-state index in [0.717, 1.165) is 34.6 Å². The lowest BCUT2D eigenvalue weighted by molar-refractivity contribution is -0.114. The van der Waals surface area contributed by atoms with Gasteiger partial charge in [0.2, 0.25) is 5.91 Å². The van der Waals surface area contributed by atoms with Gasteiger partial charge in [0, 0.05) is 12.6 Å². The maximum Gasteiger partial charge on any atom is 0.221 e. The van der Waals surface area contributed by atoms with Crippen LogP contribution in [0.5, 0.6) is 0 Å². The summed E-state index contributed by atoms with van der Waals surface area (Å²) in [4.78, 5) is 11.1. The molecule has 3 aromatic rings. The number of nitrogens with zero attached hydrogens (tertiary/aromatic N) is 2. The van der Waals surface area contributed by atoms with Gasteiger partial charge in [-0.05, 0) is 65.9 Å². The van der Waals surface area contributed by atoms with Gasteiger partial charge in [-0.1, -0.05) is 75.4 Å². The molecule has 4 heteroatoms. The molecule has 0 aromatic heterocycles. The summed E-state index contributed by atoms with van der Waals surface area (Å²) >= 11 is 0. The summed E-state index contributed by atoms with van der Waals surface area (Å²) in [7, 11) is 0. The summed E-state index contributed by atoms with van der Waals surface area (Å²) < 4.78 is 0. The summed E-state index contributed by atoms with van der Waals surface area (Å²) in [5.41, 5.74) is 6.04. The Labute approximate surface area is 191 Å². The number of unbranched alkanes of at least 4 members (excludes halogenated alkanes) is 5. The minimum absolute atomic E-state index is 0.0695. The van der Waals surface area contributed by atoms with Crippen molar-refractivity contribution in [3.63, 3.8) is 0 Å². The maximum absolute atomic E-state index is 11.1. The predicted octanol–water partition coefficient (Wildman–Crippen LogP) is 8.63. The molecule has 0 bridgehead atoms. The predicted molar refractivity (Wildman–Crippen MR) is 134 cm³/mol. The Balaban J connectivity index is 1.50. The molecule has 0 heterocycles. The van der Waals surface area contributed by atoms with Gasteiger partial charge in [0.1, 0.15) is 0 Å². The number of carbonyl (C=O) groups is 1. The van der Waals surface area contributed by atoms with E-state index in [0.29, 0.717) is 0 Å². The standard InChI is InChI=1S/C28H33N3O/c1-3-4-5-6-7-8-9-23-10-16-27(17-11-23)30-31-28-20-14-25(15-21-28)24-12-18-26(19-13-24)29-22(2)32/h10-21H,3-9H2,1-2H3,(H,29,32)/b31-30+. The molecule has 3 rings (SSSR count). The molecule has 32 heavy (non-hydrogen) atoms. The number of rotatable bonds is 11. The number of nitrogens with one attached hydrogen (secondary N) is 1. The van der Waals surface area contributed by atoms with Gasteiger partial charge in [-0.25, -0.2) is 0 Å². The lowest BCUT2D eigenvalue weighted by Gasteiger charge is -2.05. The van der Waals surface area contributed by atoms with Gasteiger partial charge in [0.15, 0.2) is 0 Å². The number of aryl methyl sites for hydroxylation is 1. The summed E-state index contributed by atoms with van der Waals surface area (Å²) in [6, 6.07) is 24.2. The van der Waals surface area contributed by atoms with Crippen LogP contribution in [0, 0.1) is 0 Å². The van der Waals surface area contributed by atoms with E-state index in [1.165, 1.54) is 51.0 Å². The Hall–Kier alpha value is -3.27. The summed E-state index contributed by atoms with van der Waals surface area (Å²) in [5, 5.41) is 11.5. The summed E-state index contributed by atoms with van der Waals surface area (Å²) in [6.45, 7) is 3.76. The molecule has 0 spiro atoms. The van der Waals surface area contributed by atoms with Crippen molar-refractivity contribution in [3.05, 3.63) is 78.4 Å². The lowest BCUT2D eigenvalue weighted by atomic mass is 10.0. The molecule has 0 saturated heterocycles. The fourth-order valence-corrected chi connectivity index (χ4v) is 3.62. The molecule has 0 aliphatic carbocycles. The molecule has 0 atom stereocenters. The van der Waals surface area contributed by atoms with Gasteiger partial charge >= 0.3 is 0 Å². The van der Waals surface area contributed by atoms with E-state index in [9.17, 15) is 4.79 Å². The van der Waals surface area contributed by atoms with Gasteiger partial charge in [0.25, 0.3) is 0 Å². The number of anilines is 1. The smallest absolute Gasteiger partial charge is 0.221 e. The highest BCUT2D eigenvalue weighted by Crippen LogP contribution is 2.25. The Bertz CT molecular complexity index is 990. The molecule has 0 saturated carbocycles. The molecule has 3 aromatic carbocycles. The van der Waals surface area contributed by atoms with Crippen molar-refractivity contribution in [3.8, 4) is 11.1 Å². The highest BCUT2D eigenvalue weighted by Gasteiger charge is 2.00. The fourth-order valence-electron chi connectivity index (χ4n) is 3.62. The zero-order chi connectivity index (χ0) is 22.6. The number of amides is 1. The third-order valence-electron chi connectivity index (χ3n) is 5.44. The van der Waals surface area contributed by atoms with Gasteiger partial charge in [0.05, 0.1) is 11.4 Å². The van der Waals surface area contributed by atoms with E-state index < -0.39 is 0 Å². The highest BCUT2D eigenvalue weighted by molar-refractivity contribution is 5.89. The monoisotopic (exact) mass is 427 g/mol. The molecular formula is C28H33N3O. The van der Waals surface area contributed by atoms with Crippen LogP contribution in [0.1, 0.15) is 57.9 Å². The quantitative estimate of drug-likeness (QED) is 0.242. The first kappa shape index (κ1) is 23.4. The second kappa shape index (κ2) is 12.6. The van der Waals surface area contributed by atoms with Crippen molar-refractivity contribution in [1.29, 1.82) is 0 Å². The Morgan fingerprint density at radius 3 is 1.75 bits per heavy atom. The van der Waals surface area contributed by atoms with Crippen LogP contribution in [0.3, 0.4) is 0 Å². The van der Waals surface area contributed by atoms with Crippen LogP contribution in [0.25, 0.3) is 11.1 Å². The minimum Gasteiger partial charge on any atom is -0.326 e. The van der Waals surface area contributed by atoms with Crippen LogP contribution < -0.4 is 5.32 Å². The van der Waals surface area contributed by atoms with E-state index in [1.54, 1.807) is 0 Å². The SMILES string of the molecule is CCCCCCCCc1ccc(/N=N/c2ccc(-c3ccc(NC(C)=O)cc3)cc2)cc1. The number of carbonyl (C=O) groups excluding carboxylic acids is 1. The van der Waals surface area contributed by atoms with Crippen molar-refractivity contribution < 1.29 is 4.79 Å². The zero-order valence-corrected chi connectivity index (χ0v) is 19.2. The van der Waals surface area contributed by atoms with E-state index in [4.69, 9.17) is 0 Å². The maximum atomic E-state index is 11.1. The van der Waals surface area contributed by atoms with Gasteiger partial charge in [-0.2, -0.15) is 10.2 Å². The Kier molecular flexibility index (Phi) is 9.18. The van der Waals surface area contributed by atoms with E-state index in [2.05, 4.69) is 34.6 Å². The van der Waals surface area contributed by atoms with Crippen molar-refractivity contribution in [1.82, 2.24) is 0 Å². The molecule has 0 aliphatic rings. The van der Waals surface area contributed by atoms with Crippen LogP contribution in [0.4, 0.5) is 17.1 Å². The van der Waals surface area contributed by atoms with Crippen molar-refractivity contribution >= 4 is 23.0 Å². The number of benzene rings is 3. The number of hydrogen-bond donors (Lipinski definition) is 1. The third-order valence-corrected chi connectivity index (χ3v) is 5.44. The average molecular weight is 428 g/mol. The molecule has 0 unspecified atom stereocenters. The van der Waals surface area contributed by atoms with Crippen molar-refractivity contribution in [2.24, 2.45) is 10.2 Å². The Morgan fingerprint density at radius 2 is 1.19 bits per heavy atom. The molecule has 166 valence electrons. The van der Waals surface area contributed by atoms with Crippen molar-refractivity contribution in [2.45, 2.75) is 58.8 Å². The van der Waals surface area contributed by atoms with E-state index >= 15 is 0 Å². The Morgan fingerprint density at radius 1 is 0.688 bits per heavy atom. The highest BCUT2D eigenvalue weighted by atomic mass is 16.1. The van der Waals surface area contributed by atoms with Crippen LogP contribution in [0.15, 0.2) is 83.0 Å². The van der Waals surface area contributed by atoms with Crippen LogP contribution in [-0.2, 0) is 11.2 Å². The molecule has 4 nitrogen and oxygen atoms in total. The van der Waals surface area contributed by atoms with Gasteiger partial charge in [-0.3, -0.25) is 4.79 Å². The molecule has 1 amide bonds. The molecule has 0 aliphatic heterocycles. The van der Waals surface area contributed by atoms with Gasteiger partial charge in [-0.15, -0.1) is 0 Å². The first-order valence-electron chi connectivity index (χ1n) is 11.6. The topological polar surface area (TPSA) is 53.8 Å². The minimum atomic E-state index is -0.0695. The molecule has 1 N–H and O–H groups in total. The van der Waals surface area contributed by atoms with Crippen LogP contribution in [0.2, 0.25) is 0 Å². The van der Waals surface area contributed by atoms with Gasteiger partial charge < -0.3 is 5.32 Å². The first-order valence-corrected chi connectivity index (χ1v) is 11.6. The second-order valence-corrected chi connectivity index (χ2v) is 8.19. The normalized spacial score (nSPS) is 11.1. The van der Waals surface area contributed by atoms with E-state index in [1.807, 2.05) is 60.7 Å². The number of hydrogen-bond acceptors (Lipinski definition) is 3. The summed E-state index contributed by atoms with van der Waals surface area (Å²) in [6.07, 6.45) is 9.08. The number of azo groups is 1. The molecular weight excluding hydrogens is 394 g/mol. The average Bonchev–Trinajstić information content (AvgIpc) is 2.81. The molecule has 0 radical (unpaired) electrons. The largest absolute Gasteiger partial charge is 0.326 e. The fraction of sp³-hybridized carbons (Fsp3) is 0.321. The first-order chi connectivity index (χ1) is 15.6.